The van der Waals surface area contributed by atoms with Gasteiger partial charge in [-0.15, -0.1) is 0 Å². The van der Waals surface area contributed by atoms with Crippen molar-refractivity contribution in [2.24, 2.45) is 29.4 Å². The number of primary amides is 1. The molecule has 27 heteroatoms. The Balaban J connectivity index is 1.21. The number of nitrogens with one attached hydrogen (secondary N) is 10. The van der Waals surface area contributed by atoms with Crippen LogP contribution in [-0.4, -0.2) is 165 Å². The molecule has 2 aromatic carbocycles. The molecule has 4 heterocycles. The lowest BCUT2D eigenvalue weighted by Gasteiger charge is -2.32. The highest BCUT2D eigenvalue weighted by Crippen LogP contribution is 2.25. The number of likely N-dealkylation sites (tertiary alicyclic amines) is 1. The Bertz CT molecular complexity index is 3160. The quantitative estimate of drug-likeness (QED) is 0.0287. The number of rotatable bonds is 33. The van der Waals surface area contributed by atoms with E-state index in [1.165, 1.54) is 54.6 Å². The standard InChI is InChI=1S/C64H91N15O12/c1-10-38(6)54(61(88)73-47(55(65)82)26-41-30-66-33-69-41)78-59(86)49(25-40-18-20-44(80)21-19-40)74-56(83)45(37(4)5)29-53(81)46(23-36(2)3)72-58(85)50(27-42-31-67-34-70-42)75-57(84)48(24-39-15-12-11-13-16-39)76-60(87)52-17-14-22-79(52)62(89)51(28-43-32-68-35-71-43)77-63(90)91-64(7,8)9/h11-13,15-16,18-21,30-38,45-54,80-81H,10,14,17,22-29H2,1-9H3,(H2,65,82)(H,66,69)(H,67,70)(H,68,71)(H,72,85)(H,73,88)(H,74,83)(H,75,84)(H,76,87)(H,77,90)(H,78,86)/t38-,45+,46-,47-,48-,49-,50-,51-,52-,53-,54-/m0/s1. The van der Waals surface area contributed by atoms with Crippen LogP contribution in [0.3, 0.4) is 0 Å². The number of imidazole rings is 3. The van der Waals surface area contributed by atoms with Crippen molar-refractivity contribution in [1.29, 1.82) is 0 Å². The van der Waals surface area contributed by atoms with Gasteiger partial charge in [0, 0.05) is 80.2 Å². The number of aromatic amines is 3. The number of hydrogen-bond acceptors (Lipinski definition) is 15. The molecule has 1 aliphatic heterocycles. The van der Waals surface area contributed by atoms with Crippen LogP contribution in [0.1, 0.15) is 123 Å². The summed E-state index contributed by atoms with van der Waals surface area (Å²) in [4.78, 5) is 150. The lowest BCUT2D eigenvalue weighted by Crippen LogP contribution is -2.60. The Labute approximate surface area is 530 Å². The molecule has 11 atom stereocenters. The molecular weight excluding hydrogens is 1170 g/mol. The molecule has 9 amide bonds. The number of aliphatic hydroxyl groups excluding tert-OH is 1. The number of nitrogens with two attached hydrogens (primary N) is 1. The third kappa shape index (κ3) is 22.1. The highest BCUT2D eigenvalue weighted by Gasteiger charge is 2.41. The van der Waals surface area contributed by atoms with E-state index < -0.39 is 131 Å². The van der Waals surface area contributed by atoms with Gasteiger partial charge in [-0.25, -0.2) is 19.7 Å². The van der Waals surface area contributed by atoms with Gasteiger partial charge in [-0.05, 0) is 87.5 Å². The molecule has 1 saturated heterocycles. The molecule has 0 bridgehead atoms. The van der Waals surface area contributed by atoms with Crippen molar-refractivity contribution >= 4 is 53.4 Å². The summed E-state index contributed by atoms with van der Waals surface area (Å²) in [5, 5.41) is 42.1. The summed E-state index contributed by atoms with van der Waals surface area (Å²) in [7, 11) is 0. The first-order valence-electron chi connectivity index (χ1n) is 31.0. The fourth-order valence-corrected chi connectivity index (χ4v) is 10.8. The van der Waals surface area contributed by atoms with Crippen LogP contribution in [-0.2, 0) is 75.2 Å². The van der Waals surface area contributed by atoms with Gasteiger partial charge in [0.15, 0.2) is 0 Å². The smallest absolute Gasteiger partial charge is 0.408 e. The molecule has 0 radical (unpaired) electrons. The third-order valence-corrected chi connectivity index (χ3v) is 15.9. The van der Waals surface area contributed by atoms with E-state index in [1.807, 2.05) is 20.8 Å². The highest BCUT2D eigenvalue weighted by molar-refractivity contribution is 5.97. The maximum Gasteiger partial charge on any atom is 0.408 e. The Morgan fingerprint density at radius 1 is 0.626 bits per heavy atom. The molecule has 3 aromatic heterocycles. The lowest BCUT2D eigenvalue weighted by molar-refractivity contribution is -0.141. The van der Waals surface area contributed by atoms with Crippen LogP contribution in [0.25, 0.3) is 0 Å². The number of H-pyrrole nitrogens is 3. The number of benzene rings is 2. The van der Waals surface area contributed by atoms with Gasteiger partial charge in [0.1, 0.15) is 53.6 Å². The zero-order valence-corrected chi connectivity index (χ0v) is 53.3. The number of aromatic nitrogens is 6. The zero-order valence-electron chi connectivity index (χ0n) is 53.3. The summed E-state index contributed by atoms with van der Waals surface area (Å²) in [5.41, 5.74) is 7.60. The number of aromatic hydroxyl groups is 1. The first-order chi connectivity index (χ1) is 43.2. The Kier molecular flexibility index (Phi) is 26.2. The Morgan fingerprint density at radius 2 is 1.13 bits per heavy atom. The predicted octanol–water partition coefficient (Wildman–Crippen LogP) is 2.47. The normalized spacial score (nSPS) is 16.6. The molecule has 1 fully saturated rings. The van der Waals surface area contributed by atoms with Gasteiger partial charge < -0.3 is 77.8 Å². The molecule has 5 aromatic rings. The van der Waals surface area contributed by atoms with E-state index in [2.05, 4.69) is 67.1 Å². The first-order valence-corrected chi connectivity index (χ1v) is 31.0. The largest absolute Gasteiger partial charge is 0.508 e. The molecule has 14 N–H and O–H groups in total. The van der Waals surface area contributed by atoms with E-state index in [0.29, 0.717) is 41.1 Å². The van der Waals surface area contributed by atoms with Crippen molar-refractivity contribution in [3.63, 3.8) is 0 Å². The second-order valence-corrected chi connectivity index (χ2v) is 25.2. The number of phenolic OH excluding ortho intramolecular Hbond substituents is 1. The van der Waals surface area contributed by atoms with Crippen LogP contribution in [0, 0.1) is 23.7 Å². The Morgan fingerprint density at radius 3 is 1.66 bits per heavy atom. The number of ether oxygens (including phenoxy) is 1. The Hall–Kier alpha value is -9.14. The fourth-order valence-electron chi connectivity index (χ4n) is 10.8. The maximum atomic E-state index is 14.9. The van der Waals surface area contributed by atoms with Gasteiger partial charge in [0.2, 0.25) is 47.3 Å². The summed E-state index contributed by atoms with van der Waals surface area (Å²) in [5.74, 6) is -7.51. The highest BCUT2D eigenvalue weighted by atomic mass is 16.6. The summed E-state index contributed by atoms with van der Waals surface area (Å²) < 4.78 is 5.48. The van der Waals surface area contributed by atoms with Crippen molar-refractivity contribution in [1.82, 2.24) is 72.0 Å². The van der Waals surface area contributed by atoms with Crippen LogP contribution < -0.4 is 43.0 Å². The number of carbonyl (C=O) groups excluding carboxylic acids is 9. The van der Waals surface area contributed by atoms with E-state index in [0.717, 1.165) is 0 Å². The minimum absolute atomic E-state index is 0.00778. The average Bonchev–Trinajstić information content (AvgIpc) is 1.87. The van der Waals surface area contributed by atoms with Gasteiger partial charge in [-0.3, -0.25) is 38.4 Å². The van der Waals surface area contributed by atoms with Crippen LogP contribution in [0.5, 0.6) is 5.75 Å². The van der Waals surface area contributed by atoms with Crippen LogP contribution in [0.2, 0.25) is 0 Å². The second kappa shape index (κ2) is 33.6. The van der Waals surface area contributed by atoms with E-state index in [9.17, 15) is 53.4 Å². The minimum Gasteiger partial charge on any atom is -0.508 e. The van der Waals surface area contributed by atoms with Gasteiger partial charge in [-0.2, -0.15) is 0 Å². The molecule has 0 saturated carbocycles. The van der Waals surface area contributed by atoms with Crippen molar-refractivity contribution < 1.29 is 58.1 Å². The summed E-state index contributed by atoms with van der Waals surface area (Å²) in [6.45, 7) is 16.2. The number of aliphatic hydroxyl groups is 1. The summed E-state index contributed by atoms with van der Waals surface area (Å²) in [6.07, 6.45) is 7.48. The number of phenols is 1. The lowest BCUT2D eigenvalue weighted by atomic mass is 9.85. The maximum absolute atomic E-state index is 14.9. The van der Waals surface area contributed by atoms with E-state index >= 15 is 0 Å². The number of amides is 9. The van der Waals surface area contributed by atoms with Crippen LogP contribution >= 0.6 is 0 Å². The van der Waals surface area contributed by atoms with Crippen LogP contribution in [0.4, 0.5) is 4.79 Å². The molecule has 6 rings (SSSR count). The zero-order chi connectivity index (χ0) is 66.5. The van der Waals surface area contributed by atoms with Gasteiger partial charge in [-0.1, -0.05) is 90.4 Å². The number of nitrogens with zero attached hydrogens (tertiary/aromatic N) is 4. The molecule has 1 aliphatic rings. The molecule has 0 spiro atoms. The van der Waals surface area contributed by atoms with Gasteiger partial charge >= 0.3 is 6.09 Å². The van der Waals surface area contributed by atoms with E-state index in [-0.39, 0.29) is 69.6 Å². The van der Waals surface area contributed by atoms with Crippen molar-refractivity contribution in [2.75, 3.05) is 6.54 Å². The monoisotopic (exact) mass is 1260 g/mol. The van der Waals surface area contributed by atoms with Gasteiger partial charge in [0.05, 0.1) is 31.1 Å². The van der Waals surface area contributed by atoms with Crippen molar-refractivity contribution in [2.45, 2.75) is 187 Å². The molecule has 27 nitrogen and oxygen atoms in total. The second-order valence-electron chi connectivity index (χ2n) is 25.2. The molecule has 0 unspecified atom stereocenters. The average molecular weight is 1260 g/mol. The molecule has 0 aliphatic carbocycles. The topological polar surface area (TPSA) is 403 Å². The number of carbonyl (C=O) groups is 9. The number of hydrogen-bond donors (Lipinski definition) is 13. The van der Waals surface area contributed by atoms with E-state index in [4.69, 9.17) is 10.5 Å². The van der Waals surface area contributed by atoms with Crippen molar-refractivity contribution in [3.05, 3.63) is 120 Å². The summed E-state index contributed by atoms with van der Waals surface area (Å²) >= 11 is 0. The molecule has 91 heavy (non-hydrogen) atoms. The van der Waals surface area contributed by atoms with Crippen molar-refractivity contribution in [3.8, 4) is 5.75 Å². The predicted molar refractivity (Wildman–Crippen MR) is 335 cm³/mol. The van der Waals surface area contributed by atoms with Gasteiger partial charge in [0.25, 0.3) is 0 Å². The molecule has 494 valence electrons. The molecular formula is C64H91N15O12. The third-order valence-electron chi connectivity index (χ3n) is 15.9. The SMILES string of the molecule is CC[C@H](C)[C@H](NC(=O)[C@H](Cc1ccc(O)cc1)NC(=O)[C@H](C[C@H](O)[C@H](CC(C)C)NC(=O)[C@H](Cc1cnc[nH]1)NC(=O)[C@H](Cc1ccccc1)NC(=O)[C@@H]1CCCN1C(=O)[C@H](Cc1cnc[nH]1)NC(=O)OC(C)(C)C)C(C)C)C(=O)N[C@@H](Cc1cnc[nH]1)C(N)=O. The fraction of sp³-hybridized carbons (Fsp3) is 0.531. The number of alkyl carbamates (subject to hydrolysis) is 1. The summed E-state index contributed by atoms with van der Waals surface area (Å²) in [6, 6.07) is 5.46. The van der Waals surface area contributed by atoms with Crippen LogP contribution in [0.15, 0.2) is 92.2 Å². The first kappa shape index (κ1) is 70.9. The van der Waals surface area contributed by atoms with E-state index in [1.54, 1.807) is 84.0 Å². The minimum atomic E-state index is -1.38.